The minimum atomic E-state index is -4.88. The zero-order chi connectivity index (χ0) is 44.0. The molecule has 0 aromatic carbocycles. The number of phosphoric ester groups is 2. The number of aliphatic hydroxyl groups excluding tert-OH is 3. The van der Waals surface area contributed by atoms with Crippen molar-refractivity contribution < 1.29 is 71.8 Å². The maximum atomic E-state index is 12.7. The van der Waals surface area contributed by atoms with Gasteiger partial charge in [0.1, 0.15) is 12.7 Å². The Bertz CT molecular complexity index is 1220. The number of rotatable bonds is 41. The van der Waals surface area contributed by atoms with E-state index in [2.05, 4.69) is 53.3 Å². The molecular weight excluding hydrogens is 806 g/mol. The molecule has 0 aliphatic carbocycles. The summed E-state index contributed by atoms with van der Waals surface area (Å²) >= 11 is 0. The van der Waals surface area contributed by atoms with Gasteiger partial charge in [-0.05, 0) is 70.6 Å². The Balaban J connectivity index is 4.65. The molecule has 0 saturated carbocycles. The van der Waals surface area contributed by atoms with Gasteiger partial charge >= 0.3 is 27.6 Å². The number of carbonyl (C=O) groups excluding carboxylic acids is 2. The number of phosphoric acid groups is 2. The number of esters is 2. The van der Waals surface area contributed by atoms with Crippen LogP contribution in [0, 0.1) is 0 Å². The molecule has 6 N–H and O–H groups in total. The van der Waals surface area contributed by atoms with E-state index in [1.165, 1.54) is 25.7 Å². The third-order valence-electron chi connectivity index (χ3n) is 9.19. The van der Waals surface area contributed by atoms with Gasteiger partial charge in [-0.3, -0.25) is 23.2 Å². The van der Waals surface area contributed by atoms with E-state index < -0.39 is 78.4 Å². The Kier molecular flexibility index (Phi) is 36.9. The highest BCUT2D eigenvalue weighted by molar-refractivity contribution is 7.47. The Morgan fingerprint density at radius 2 is 1.03 bits per heavy atom. The number of ether oxygens (including phenoxy) is 2. The number of hydrogen-bond donors (Lipinski definition) is 6. The molecule has 0 heterocycles. The van der Waals surface area contributed by atoms with E-state index in [0.717, 1.165) is 89.9 Å². The van der Waals surface area contributed by atoms with E-state index in [1.807, 2.05) is 6.08 Å². The average molecular weight is 885 g/mol. The van der Waals surface area contributed by atoms with Crippen molar-refractivity contribution in [3.05, 3.63) is 36.5 Å². The lowest BCUT2D eigenvalue weighted by molar-refractivity contribution is -0.161. The second-order valence-corrected chi connectivity index (χ2v) is 17.6. The van der Waals surface area contributed by atoms with Crippen LogP contribution in [-0.2, 0) is 41.8 Å². The predicted molar refractivity (Wildman–Crippen MR) is 228 cm³/mol. The van der Waals surface area contributed by atoms with Crippen LogP contribution in [0.3, 0.4) is 0 Å². The largest absolute Gasteiger partial charge is 0.472 e. The molecule has 0 bridgehead atoms. The smallest absolute Gasteiger partial charge is 0.462 e. The van der Waals surface area contributed by atoms with Gasteiger partial charge in [0.2, 0.25) is 0 Å². The minimum absolute atomic E-state index is 0.0835. The van der Waals surface area contributed by atoms with Crippen molar-refractivity contribution in [3.8, 4) is 0 Å². The second kappa shape index (κ2) is 38.0. The summed E-state index contributed by atoms with van der Waals surface area (Å²) in [4.78, 5) is 52.7. The summed E-state index contributed by atoms with van der Waals surface area (Å²) in [5.41, 5.74) is 0. The van der Waals surface area contributed by atoms with Gasteiger partial charge in [-0.1, -0.05) is 121 Å². The standard InChI is InChI=1S/C42H78O15P2/c1-3-5-7-9-11-12-13-14-15-16-17-18-19-23-28-32-42(47)57-38(36-56-59(51,52)55-34-37(43)33-54-58(48,49)50)35-53-41(46)31-27-24-20-22-26-30-40(45)39(44)29-25-21-10-8-6-4-2/h11-12,14-15,21,25,37-40,43-45H,3-10,13,16-20,22-24,26-36H2,1-2H3,(H,51,52)(H2,48,49,50)/b12-11-,15-14-,25-21-/t37-,38+,39+,40+/m0/s1. The summed E-state index contributed by atoms with van der Waals surface area (Å²) in [5.74, 6) is -1.16. The fourth-order valence-corrected chi connectivity index (χ4v) is 6.85. The summed E-state index contributed by atoms with van der Waals surface area (Å²) < 4.78 is 47.6. The molecule has 0 aromatic rings. The first-order valence-electron chi connectivity index (χ1n) is 21.8. The van der Waals surface area contributed by atoms with Gasteiger partial charge < -0.3 is 39.5 Å². The van der Waals surface area contributed by atoms with Gasteiger partial charge in [-0.25, -0.2) is 9.13 Å². The van der Waals surface area contributed by atoms with Gasteiger partial charge in [0.15, 0.2) is 6.10 Å². The highest BCUT2D eigenvalue weighted by Gasteiger charge is 2.28. The molecule has 0 radical (unpaired) electrons. The zero-order valence-electron chi connectivity index (χ0n) is 35.8. The molecule has 15 nitrogen and oxygen atoms in total. The van der Waals surface area contributed by atoms with E-state index in [9.17, 15) is 38.9 Å². The lowest BCUT2D eigenvalue weighted by Gasteiger charge is -2.20. The van der Waals surface area contributed by atoms with Crippen LogP contribution in [0.15, 0.2) is 36.5 Å². The average Bonchev–Trinajstić information content (AvgIpc) is 3.19. The van der Waals surface area contributed by atoms with Gasteiger partial charge in [0.05, 0.1) is 32.0 Å². The summed E-state index contributed by atoms with van der Waals surface area (Å²) in [6, 6.07) is 0. The SMILES string of the molecule is CCCCC/C=C\C/C=C\CCCCCCCC(=O)O[C@H](COC(=O)CCCCCCC[C@@H](O)[C@H](O)C/C=C\CCCCC)COP(=O)(O)OC[C@@H](O)COP(=O)(O)O. The maximum Gasteiger partial charge on any atom is 0.472 e. The molecular formula is C42H78O15P2. The van der Waals surface area contributed by atoms with E-state index >= 15 is 0 Å². The molecule has 0 aliphatic rings. The summed E-state index contributed by atoms with van der Waals surface area (Å²) in [5, 5.41) is 30.2. The Morgan fingerprint density at radius 1 is 0.542 bits per heavy atom. The molecule has 1 unspecified atom stereocenters. The highest BCUT2D eigenvalue weighted by atomic mass is 31.2. The fraction of sp³-hybridized carbons (Fsp3) is 0.810. The fourth-order valence-electron chi connectivity index (χ4n) is 5.69. The van der Waals surface area contributed by atoms with Crippen LogP contribution in [0.25, 0.3) is 0 Å². The van der Waals surface area contributed by atoms with Crippen LogP contribution < -0.4 is 0 Å². The summed E-state index contributed by atoms with van der Waals surface area (Å²) in [6.45, 7) is 1.48. The number of aliphatic hydroxyl groups is 3. The van der Waals surface area contributed by atoms with Crippen molar-refractivity contribution in [2.24, 2.45) is 0 Å². The zero-order valence-corrected chi connectivity index (χ0v) is 37.6. The quantitative estimate of drug-likeness (QED) is 0.0146. The number of unbranched alkanes of at least 4 members (excludes halogenated alkanes) is 15. The van der Waals surface area contributed by atoms with Crippen LogP contribution in [0.4, 0.5) is 0 Å². The van der Waals surface area contributed by atoms with Crippen molar-refractivity contribution in [1.29, 1.82) is 0 Å². The van der Waals surface area contributed by atoms with Crippen LogP contribution in [0.2, 0.25) is 0 Å². The Hall–Kier alpha value is -1.74. The van der Waals surface area contributed by atoms with Crippen molar-refractivity contribution >= 4 is 27.6 Å². The third-order valence-corrected chi connectivity index (χ3v) is 10.6. The number of hydrogen-bond acceptors (Lipinski definition) is 12. The molecule has 0 saturated heterocycles. The first-order chi connectivity index (χ1) is 28.2. The van der Waals surface area contributed by atoms with Crippen molar-refractivity contribution in [1.82, 2.24) is 0 Å². The van der Waals surface area contributed by atoms with Crippen molar-refractivity contribution in [2.45, 2.75) is 192 Å². The number of allylic oxidation sites excluding steroid dienone is 5. The van der Waals surface area contributed by atoms with Crippen LogP contribution in [0.5, 0.6) is 0 Å². The Morgan fingerprint density at radius 3 is 1.63 bits per heavy atom. The lowest BCUT2D eigenvalue weighted by Crippen LogP contribution is -2.30. The van der Waals surface area contributed by atoms with Gasteiger partial charge in [-0.2, -0.15) is 0 Å². The maximum absolute atomic E-state index is 12.7. The van der Waals surface area contributed by atoms with E-state index in [0.29, 0.717) is 25.7 Å². The topological polar surface area (TPSA) is 236 Å². The molecule has 17 heteroatoms. The molecule has 5 atom stereocenters. The molecule has 0 aromatic heterocycles. The van der Waals surface area contributed by atoms with Crippen LogP contribution in [-0.4, -0.2) is 92.8 Å². The van der Waals surface area contributed by atoms with Gasteiger partial charge in [0.25, 0.3) is 0 Å². The summed E-state index contributed by atoms with van der Waals surface area (Å²) in [7, 11) is -9.73. The van der Waals surface area contributed by atoms with Gasteiger partial charge in [0, 0.05) is 12.8 Å². The molecule has 0 fully saturated rings. The number of carbonyl (C=O) groups is 2. The second-order valence-electron chi connectivity index (χ2n) is 14.9. The van der Waals surface area contributed by atoms with E-state index in [1.54, 1.807) is 0 Å². The highest BCUT2D eigenvalue weighted by Crippen LogP contribution is 2.43. The van der Waals surface area contributed by atoms with E-state index in [-0.39, 0.29) is 12.8 Å². The van der Waals surface area contributed by atoms with Crippen LogP contribution in [0.1, 0.15) is 168 Å². The molecule has 346 valence electrons. The monoisotopic (exact) mass is 884 g/mol. The molecule has 59 heavy (non-hydrogen) atoms. The lowest BCUT2D eigenvalue weighted by atomic mass is 10.0. The summed E-state index contributed by atoms with van der Waals surface area (Å²) in [6.07, 6.45) is 28.7. The first-order valence-corrected chi connectivity index (χ1v) is 24.9. The molecule has 0 amide bonds. The Labute approximate surface area is 353 Å². The first kappa shape index (κ1) is 57.3. The van der Waals surface area contributed by atoms with Crippen molar-refractivity contribution in [2.75, 3.05) is 26.4 Å². The molecule has 0 aliphatic heterocycles. The van der Waals surface area contributed by atoms with Gasteiger partial charge in [-0.15, -0.1) is 0 Å². The normalized spacial score (nSPS) is 15.5. The van der Waals surface area contributed by atoms with Crippen LogP contribution >= 0.6 is 15.6 Å². The molecule has 0 rings (SSSR count). The predicted octanol–water partition coefficient (Wildman–Crippen LogP) is 8.84. The third kappa shape index (κ3) is 40.1. The minimum Gasteiger partial charge on any atom is -0.462 e. The van der Waals surface area contributed by atoms with Crippen molar-refractivity contribution in [3.63, 3.8) is 0 Å². The van der Waals surface area contributed by atoms with E-state index in [4.69, 9.17) is 23.8 Å². The molecule has 0 spiro atoms.